The lowest BCUT2D eigenvalue weighted by atomic mass is 9.93. The van der Waals surface area contributed by atoms with Crippen LogP contribution in [0.1, 0.15) is 0 Å². The molecule has 12 aromatic rings. The van der Waals surface area contributed by atoms with Crippen molar-refractivity contribution in [3.05, 3.63) is 224 Å². The molecule has 1 aromatic heterocycles. The minimum absolute atomic E-state index is 0.891. The highest BCUT2D eigenvalue weighted by molar-refractivity contribution is 6.19. The zero-order valence-corrected chi connectivity index (χ0v) is 32.7. The van der Waals surface area contributed by atoms with Crippen LogP contribution < -0.4 is 4.90 Å². The van der Waals surface area contributed by atoms with Crippen molar-refractivity contribution in [2.24, 2.45) is 0 Å². The normalized spacial score (nSPS) is 11.7. The summed E-state index contributed by atoms with van der Waals surface area (Å²) in [4.78, 5) is 2.37. The molecular weight excluding hydrogens is 727 g/mol. The maximum absolute atomic E-state index is 6.61. The summed E-state index contributed by atoms with van der Waals surface area (Å²) in [7, 11) is 0. The molecule has 1 heterocycles. The number of furan rings is 1. The molecule has 0 saturated carbocycles. The molecule has 0 unspecified atom stereocenters. The van der Waals surface area contributed by atoms with Gasteiger partial charge in [0.1, 0.15) is 11.2 Å². The number of hydrogen-bond donors (Lipinski definition) is 0. The Labute approximate surface area is 347 Å². The summed E-state index contributed by atoms with van der Waals surface area (Å²) in [6.45, 7) is 0. The molecule has 0 radical (unpaired) electrons. The third-order valence-corrected chi connectivity index (χ3v) is 12.2. The van der Waals surface area contributed by atoms with Gasteiger partial charge in [-0.25, -0.2) is 0 Å². The van der Waals surface area contributed by atoms with Crippen molar-refractivity contribution in [2.45, 2.75) is 0 Å². The Morgan fingerprint density at radius 1 is 0.283 bits per heavy atom. The smallest absolute Gasteiger partial charge is 0.143 e. The summed E-state index contributed by atoms with van der Waals surface area (Å²) in [6, 6.07) is 81.2. The van der Waals surface area contributed by atoms with Gasteiger partial charge in [-0.1, -0.05) is 170 Å². The first kappa shape index (κ1) is 34.1. The zero-order chi connectivity index (χ0) is 39.6. The predicted octanol–water partition coefficient (Wildman–Crippen LogP) is 16.7. The molecule has 0 fully saturated rings. The lowest BCUT2D eigenvalue weighted by molar-refractivity contribution is 0.673. The Hall–Kier alpha value is -7.94. The first-order valence-corrected chi connectivity index (χ1v) is 20.6. The average molecular weight is 764 g/mol. The van der Waals surface area contributed by atoms with Gasteiger partial charge in [0.25, 0.3) is 0 Å². The fourth-order valence-electron chi connectivity index (χ4n) is 9.40. The quantitative estimate of drug-likeness (QED) is 0.157. The van der Waals surface area contributed by atoms with E-state index >= 15 is 0 Å². The van der Waals surface area contributed by atoms with E-state index in [2.05, 4.69) is 229 Å². The molecule has 0 aliphatic heterocycles. The van der Waals surface area contributed by atoms with E-state index in [0.717, 1.165) is 55.5 Å². The van der Waals surface area contributed by atoms with E-state index in [1.165, 1.54) is 60.0 Å². The van der Waals surface area contributed by atoms with Crippen LogP contribution in [0.15, 0.2) is 229 Å². The van der Waals surface area contributed by atoms with Gasteiger partial charge in [-0.2, -0.15) is 0 Å². The van der Waals surface area contributed by atoms with Crippen molar-refractivity contribution >= 4 is 82.1 Å². The fraction of sp³-hybridized carbons (Fsp3) is 0. The van der Waals surface area contributed by atoms with E-state index in [9.17, 15) is 0 Å². The van der Waals surface area contributed by atoms with Gasteiger partial charge in [0.15, 0.2) is 0 Å². The van der Waals surface area contributed by atoms with Gasteiger partial charge in [-0.05, 0) is 126 Å². The molecule has 2 heteroatoms. The monoisotopic (exact) mass is 763 g/mol. The third kappa shape index (κ3) is 5.57. The largest absolute Gasteiger partial charge is 0.455 e. The van der Waals surface area contributed by atoms with Crippen LogP contribution in [0.5, 0.6) is 0 Å². The van der Waals surface area contributed by atoms with Crippen LogP contribution in [0.4, 0.5) is 17.1 Å². The third-order valence-electron chi connectivity index (χ3n) is 12.2. The first-order valence-electron chi connectivity index (χ1n) is 20.6. The summed E-state index contributed by atoms with van der Waals surface area (Å²) in [5, 5.41) is 12.1. The summed E-state index contributed by atoms with van der Waals surface area (Å²) in [6.07, 6.45) is 0. The number of nitrogens with zero attached hydrogens (tertiary/aromatic N) is 1. The molecule has 0 atom stereocenters. The molecule has 12 rings (SSSR count). The number of benzene rings is 11. The van der Waals surface area contributed by atoms with E-state index in [-0.39, 0.29) is 0 Å². The Morgan fingerprint density at radius 3 is 1.62 bits per heavy atom. The molecule has 0 aliphatic carbocycles. The van der Waals surface area contributed by atoms with Crippen LogP contribution in [0.3, 0.4) is 0 Å². The second kappa shape index (κ2) is 13.9. The minimum atomic E-state index is 0.891. The Balaban J connectivity index is 1.01. The summed E-state index contributed by atoms with van der Waals surface area (Å²) >= 11 is 0. The molecule has 0 spiro atoms. The lowest BCUT2D eigenvalue weighted by Crippen LogP contribution is -2.10. The molecule has 0 aliphatic rings. The predicted molar refractivity (Wildman–Crippen MR) is 255 cm³/mol. The van der Waals surface area contributed by atoms with Crippen molar-refractivity contribution in [3.63, 3.8) is 0 Å². The van der Waals surface area contributed by atoms with E-state index < -0.39 is 0 Å². The van der Waals surface area contributed by atoms with Gasteiger partial charge >= 0.3 is 0 Å². The second-order valence-electron chi connectivity index (χ2n) is 15.6. The van der Waals surface area contributed by atoms with Crippen LogP contribution >= 0.6 is 0 Å². The summed E-state index contributed by atoms with van der Waals surface area (Å²) in [5.74, 6) is 0. The highest BCUT2D eigenvalue weighted by Crippen LogP contribution is 2.43. The molecular formula is C58H37NO. The molecule has 11 aromatic carbocycles. The Bertz CT molecular complexity index is 3590. The Kier molecular flexibility index (Phi) is 7.89. The minimum Gasteiger partial charge on any atom is -0.455 e. The molecule has 2 nitrogen and oxygen atoms in total. The van der Waals surface area contributed by atoms with Crippen LogP contribution in [-0.2, 0) is 0 Å². The maximum Gasteiger partial charge on any atom is 0.143 e. The zero-order valence-electron chi connectivity index (χ0n) is 32.7. The van der Waals surface area contributed by atoms with Crippen LogP contribution in [0.25, 0.3) is 98.4 Å². The molecule has 0 saturated heterocycles. The van der Waals surface area contributed by atoms with Crippen molar-refractivity contribution in [3.8, 4) is 33.4 Å². The standard InChI is InChI=1S/C58H37NO/c1-4-18-47-38(12-1)15-10-23-48(47)40-26-31-44(32-27-40)59(45-33-28-41(29-34-45)55-37-43-14-3-5-19-49(43)52-21-7-8-22-53(52)55)46-17-9-16-42(36-46)50-24-11-25-56-57(50)54-35-30-39-13-2-6-20-51(39)58(54)60-56/h1-37H. The van der Waals surface area contributed by atoms with Gasteiger partial charge in [0, 0.05) is 33.2 Å². The van der Waals surface area contributed by atoms with Crippen molar-refractivity contribution in [2.75, 3.05) is 4.90 Å². The van der Waals surface area contributed by atoms with Crippen LogP contribution in [0, 0.1) is 0 Å². The maximum atomic E-state index is 6.61. The SMILES string of the molecule is c1cc(-c2cccc3oc4c5ccccc5ccc4c23)cc(N(c2ccc(-c3cccc4ccccc34)cc2)c2ccc(-c3cc4ccccc4c4ccccc34)cc2)c1. The van der Waals surface area contributed by atoms with Crippen molar-refractivity contribution < 1.29 is 4.42 Å². The van der Waals surface area contributed by atoms with Crippen molar-refractivity contribution in [1.82, 2.24) is 0 Å². The number of rotatable bonds is 6. The second-order valence-corrected chi connectivity index (χ2v) is 15.6. The van der Waals surface area contributed by atoms with Gasteiger partial charge in [-0.15, -0.1) is 0 Å². The van der Waals surface area contributed by atoms with E-state index in [1.807, 2.05) is 0 Å². The molecule has 60 heavy (non-hydrogen) atoms. The van der Waals surface area contributed by atoms with E-state index in [1.54, 1.807) is 0 Å². The fourth-order valence-corrected chi connectivity index (χ4v) is 9.40. The molecule has 0 bridgehead atoms. The topological polar surface area (TPSA) is 16.4 Å². The highest BCUT2D eigenvalue weighted by atomic mass is 16.3. The summed E-state index contributed by atoms with van der Waals surface area (Å²) in [5.41, 5.74) is 12.2. The molecule has 0 amide bonds. The Morgan fingerprint density at radius 2 is 0.850 bits per heavy atom. The molecule has 0 N–H and O–H groups in total. The van der Waals surface area contributed by atoms with E-state index in [0.29, 0.717) is 0 Å². The lowest BCUT2D eigenvalue weighted by Gasteiger charge is -2.26. The van der Waals surface area contributed by atoms with Gasteiger partial charge < -0.3 is 9.32 Å². The molecule has 280 valence electrons. The van der Waals surface area contributed by atoms with Crippen LogP contribution in [-0.4, -0.2) is 0 Å². The average Bonchev–Trinajstić information content (AvgIpc) is 3.72. The van der Waals surface area contributed by atoms with Gasteiger partial charge in [0.2, 0.25) is 0 Å². The highest BCUT2D eigenvalue weighted by Gasteiger charge is 2.19. The summed E-state index contributed by atoms with van der Waals surface area (Å²) < 4.78 is 6.61. The van der Waals surface area contributed by atoms with E-state index in [4.69, 9.17) is 4.42 Å². The number of fused-ring (bicyclic) bond motifs is 9. The van der Waals surface area contributed by atoms with Crippen LogP contribution in [0.2, 0.25) is 0 Å². The number of hydrogen-bond acceptors (Lipinski definition) is 2. The van der Waals surface area contributed by atoms with Crippen molar-refractivity contribution in [1.29, 1.82) is 0 Å². The number of anilines is 3. The van der Waals surface area contributed by atoms with Gasteiger partial charge in [-0.3, -0.25) is 0 Å². The van der Waals surface area contributed by atoms with Gasteiger partial charge in [0.05, 0.1) is 0 Å². The first-order chi connectivity index (χ1) is 29.7.